The van der Waals surface area contributed by atoms with E-state index in [0.717, 1.165) is 18.5 Å². The molecule has 0 spiro atoms. The third-order valence-electron chi connectivity index (χ3n) is 10.6. The van der Waals surface area contributed by atoms with E-state index < -0.39 is 0 Å². The van der Waals surface area contributed by atoms with Crippen molar-refractivity contribution in [3.05, 3.63) is 52.1 Å². The second kappa shape index (κ2) is 5.69. The fourth-order valence-electron chi connectivity index (χ4n) is 7.56. The molecule has 2 aromatic carbocycles. The summed E-state index contributed by atoms with van der Waals surface area (Å²) in [4.78, 5) is 5.02. The fraction of sp³-hybridized carbons (Fsp3) is 0.586. The minimum atomic E-state index is 0.140. The van der Waals surface area contributed by atoms with E-state index in [4.69, 9.17) is 0 Å². The van der Waals surface area contributed by atoms with Crippen molar-refractivity contribution in [3.63, 3.8) is 0 Å². The van der Waals surface area contributed by atoms with Crippen LogP contribution in [-0.2, 0) is 10.8 Å². The lowest BCUT2D eigenvalue weighted by Crippen LogP contribution is -2.42. The number of benzene rings is 2. The Kier molecular flexibility index (Phi) is 3.62. The highest BCUT2D eigenvalue weighted by molar-refractivity contribution is 5.85. The normalized spacial score (nSPS) is 28.1. The Labute approximate surface area is 188 Å². The molecule has 1 saturated carbocycles. The summed E-state index contributed by atoms with van der Waals surface area (Å²) in [5, 5.41) is 0. The molecule has 2 bridgehead atoms. The maximum Gasteiger partial charge on any atom is 0.0950 e. The van der Waals surface area contributed by atoms with Gasteiger partial charge in [0.1, 0.15) is 0 Å². The summed E-state index contributed by atoms with van der Waals surface area (Å²) in [5.74, 6) is 1.63. The van der Waals surface area contributed by atoms with Crippen LogP contribution in [0.15, 0.2) is 24.3 Å². The molecule has 1 heterocycles. The molecule has 0 N–H and O–H groups in total. The van der Waals surface area contributed by atoms with Crippen molar-refractivity contribution in [2.24, 2.45) is 5.41 Å². The lowest BCUT2D eigenvalue weighted by atomic mass is 9.59. The Morgan fingerprint density at radius 2 is 1.42 bits per heavy atom. The topological polar surface area (TPSA) is 6.48 Å². The zero-order chi connectivity index (χ0) is 22.1. The van der Waals surface area contributed by atoms with Crippen molar-refractivity contribution >= 4 is 17.1 Å². The van der Waals surface area contributed by atoms with Gasteiger partial charge >= 0.3 is 0 Å². The molecule has 2 unspecified atom stereocenters. The molecule has 2 aromatic rings. The first-order valence-electron chi connectivity index (χ1n) is 12.3. The van der Waals surface area contributed by atoms with Crippen LogP contribution in [0.1, 0.15) is 100 Å². The second-order valence-electron chi connectivity index (χ2n) is 12.5. The number of fused-ring (bicyclic) bond motifs is 7. The summed E-state index contributed by atoms with van der Waals surface area (Å²) in [5.41, 5.74) is 12.6. The second-order valence-corrected chi connectivity index (χ2v) is 12.5. The average molecular weight is 415 g/mol. The van der Waals surface area contributed by atoms with Crippen LogP contribution in [0.4, 0.5) is 17.1 Å². The third-order valence-corrected chi connectivity index (χ3v) is 10.6. The molecule has 2 heteroatoms. The predicted octanol–water partition coefficient (Wildman–Crippen LogP) is 7.50. The van der Waals surface area contributed by atoms with E-state index >= 15 is 0 Å². The summed E-state index contributed by atoms with van der Waals surface area (Å²) in [6.45, 7) is 18.0. The molecule has 3 aliphatic carbocycles. The van der Waals surface area contributed by atoms with Gasteiger partial charge in [-0.25, -0.2) is 0 Å². The molecule has 0 saturated heterocycles. The van der Waals surface area contributed by atoms with Gasteiger partial charge in [0, 0.05) is 12.7 Å². The van der Waals surface area contributed by atoms with E-state index in [9.17, 15) is 0 Å². The van der Waals surface area contributed by atoms with Crippen LogP contribution in [0.3, 0.4) is 0 Å². The van der Waals surface area contributed by atoms with Crippen LogP contribution in [0, 0.1) is 12.3 Å². The summed E-state index contributed by atoms with van der Waals surface area (Å²) >= 11 is 0. The van der Waals surface area contributed by atoms with E-state index in [0.29, 0.717) is 0 Å². The van der Waals surface area contributed by atoms with E-state index in [2.05, 4.69) is 89.6 Å². The molecule has 0 amide bonds. The van der Waals surface area contributed by atoms with E-state index in [1.54, 1.807) is 16.7 Å². The van der Waals surface area contributed by atoms with Crippen molar-refractivity contribution in [3.8, 4) is 0 Å². The fourth-order valence-corrected chi connectivity index (χ4v) is 7.56. The predicted molar refractivity (Wildman–Crippen MR) is 132 cm³/mol. The van der Waals surface area contributed by atoms with E-state index in [-0.39, 0.29) is 16.2 Å². The number of nitrogens with zero attached hydrogens (tertiary/aromatic N) is 2. The van der Waals surface area contributed by atoms with Gasteiger partial charge in [-0.2, -0.15) is 0 Å². The smallest absolute Gasteiger partial charge is 0.0950 e. The Morgan fingerprint density at radius 3 is 2.10 bits per heavy atom. The molecule has 0 radical (unpaired) electrons. The molecule has 2 atom stereocenters. The van der Waals surface area contributed by atoms with Gasteiger partial charge in [-0.3, -0.25) is 0 Å². The highest BCUT2D eigenvalue weighted by Crippen LogP contribution is 2.63. The van der Waals surface area contributed by atoms with Crippen LogP contribution in [0.2, 0.25) is 0 Å². The van der Waals surface area contributed by atoms with Gasteiger partial charge in [0.15, 0.2) is 0 Å². The molecular weight excluding hydrogens is 376 g/mol. The van der Waals surface area contributed by atoms with Crippen LogP contribution < -0.4 is 9.80 Å². The Hall–Kier alpha value is -1.96. The van der Waals surface area contributed by atoms with Gasteiger partial charge in [0.2, 0.25) is 0 Å². The first kappa shape index (κ1) is 19.7. The van der Waals surface area contributed by atoms with Crippen LogP contribution in [-0.4, -0.2) is 13.7 Å². The SMILES string of the molecule is Cc1cc(N2CN(C)c3cc4c(cc32)C(C)(C)C(C)(C)C4(C)C)cc2c1C1CCC2C1. The van der Waals surface area contributed by atoms with Gasteiger partial charge in [0.05, 0.1) is 18.0 Å². The molecule has 4 aliphatic rings. The standard InChI is InChI=1S/C29H38N2/c1-17-11-20(13-21-18-9-10-19(12-18)26(17)21)31-16-30(8)24-14-22-23(15-25(24)31)28(4,5)29(6,7)27(22,2)3/h11,13-15,18-19H,9-10,12,16H2,1-8H3. The first-order chi connectivity index (χ1) is 14.4. The average Bonchev–Trinajstić information content (AvgIpc) is 3.42. The molecule has 0 aromatic heterocycles. The van der Waals surface area contributed by atoms with Gasteiger partial charge in [0.25, 0.3) is 0 Å². The molecular formula is C29H38N2. The maximum atomic E-state index is 2.57. The first-order valence-corrected chi connectivity index (χ1v) is 12.3. The van der Waals surface area contributed by atoms with Gasteiger partial charge in [-0.15, -0.1) is 0 Å². The summed E-state index contributed by atoms with van der Waals surface area (Å²) in [7, 11) is 2.26. The highest BCUT2D eigenvalue weighted by atomic mass is 15.4. The molecule has 31 heavy (non-hydrogen) atoms. The molecule has 164 valence electrons. The van der Waals surface area contributed by atoms with Crippen LogP contribution in [0.5, 0.6) is 0 Å². The van der Waals surface area contributed by atoms with E-state index in [1.165, 1.54) is 47.5 Å². The number of anilines is 3. The summed E-state index contributed by atoms with van der Waals surface area (Å²) < 4.78 is 0. The zero-order valence-electron chi connectivity index (χ0n) is 20.7. The minimum Gasteiger partial charge on any atom is -0.355 e. The van der Waals surface area contributed by atoms with Crippen molar-refractivity contribution in [2.75, 3.05) is 23.5 Å². The zero-order valence-corrected chi connectivity index (χ0v) is 20.7. The molecule has 1 aliphatic heterocycles. The van der Waals surface area contributed by atoms with Crippen molar-refractivity contribution in [1.29, 1.82) is 0 Å². The van der Waals surface area contributed by atoms with Crippen molar-refractivity contribution < 1.29 is 0 Å². The monoisotopic (exact) mass is 414 g/mol. The Bertz CT molecular complexity index is 1120. The van der Waals surface area contributed by atoms with Crippen molar-refractivity contribution in [1.82, 2.24) is 0 Å². The molecule has 1 fully saturated rings. The van der Waals surface area contributed by atoms with Gasteiger partial charge < -0.3 is 9.80 Å². The quantitative estimate of drug-likeness (QED) is 0.476. The number of aryl methyl sites for hydroxylation is 1. The van der Waals surface area contributed by atoms with Crippen LogP contribution >= 0.6 is 0 Å². The molecule has 2 nitrogen and oxygen atoms in total. The number of rotatable bonds is 1. The largest absolute Gasteiger partial charge is 0.355 e. The summed E-state index contributed by atoms with van der Waals surface area (Å²) in [6, 6.07) is 10.1. The lowest BCUT2D eigenvalue weighted by molar-refractivity contribution is 0.125. The van der Waals surface area contributed by atoms with Gasteiger partial charge in [-0.1, -0.05) is 41.5 Å². The number of hydrogen-bond donors (Lipinski definition) is 0. The van der Waals surface area contributed by atoms with Gasteiger partial charge in [-0.05, 0) is 106 Å². The highest BCUT2D eigenvalue weighted by Gasteiger charge is 2.57. The summed E-state index contributed by atoms with van der Waals surface area (Å²) in [6.07, 6.45) is 4.19. The maximum absolute atomic E-state index is 2.57. The lowest BCUT2D eigenvalue weighted by Gasteiger charge is -2.44. The number of hydrogen-bond acceptors (Lipinski definition) is 2. The Balaban J connectivity index is 1.51. The van der Waals surface area contributed by atoms with E-state index in [1.807, 2.05) is 0 Å². The third kappa shape index (κ3) is 2.20. The van der Waals surface area contributed by atoms with Crippen molar-refractivity contribution in [2.45, 2.75) is 90.4 Å². The van der Waals surface area contributed by atoms with Crippen LogP contribution in [0.25, 0.3) is 0 Å². The minimum absolute atomic E-state index is 0.140. The molecule has 6 rings (SSSR count). The Morgan fingerprint density at radius 1 is 0.806 bits per heavy atom.